The maximum atomic E-state index is 6.08. The van der Waals surface area contributed by atoms with E-state index in [0.717, 1.165) is 6.54 Å². The number of hydrogen-bond donors (Lipinski definition) is 1. The van der Waals surface area contributed by atoms with Gasteiger partial charge in [-0.05, 0) is 37.6 Å². The molecule has 0 aromatic heterocycles. The Balaban J connectivity index is 2.68. The van der Waals surface area contributed by atoms with E-state index in [0.29, 0.717) is 5.41 Å². The van der Waals surface area contributed by atoms with Crippen molar-refractivity contribution in [2.45, 2.75) is 45.6 Å². The lowest BCUT2D eigenvalue weighted by Gasteiger charge is -2.49. The number of nitrogens with zero attached hydrogens (tertiary/aromatic N) is 1. The Labute approximate surface area is 105 Å². The molecular formula is C13H28N2S. The molecule has 1 heterocycles. The molecule has 0 spiro atoms. The standard InChI is InChI=1S/C13H28N2S/c1-5-6-7-15(4)13(9-14)8-12(2,3)10-16-11-13/h5-11,14H2,1-4H3. The van der Waals surface area contributed by atoms with Crippen LogP contribution in [0.25, 0.3) is 0 Å². The van der Waals surface area contributed by atoms with E-state index in [2.05, 4.69) is 44.5 Å². The van der Waals surface area contributed by atoms with Crippen molar-refractivity contribution in [3.8, 4) is 0 Å². The SMILES string of the molecule is CCCCN(C)C1(CN)CSCC(C)(C)C1. The quantitative estimate of drug-likeness (QED) is 0.806. The van der Waals surface area contributed by atoms with Gasteiger partial charge in [0.2, 0.25) is 0 Å². The third-order valence-corrected chi connectivity index (χ3v) is 5.44. The van der Waals surface area contributed by atoms with Crippen LogP contribution >= 0.6 is 11.8 Å². The van der Waals surface area contributed by atoms with Crippen molar-refractivity contribution in [1.82, 2.24) is 4.90 Å². The first-order chi connectivity index (χ1) is 7.46. The van der Waals surface area contributed by atoms with Crippen LogP contribution in [0.4, 0.5) is 0 Å². The maximum Gasteiger partial charge on any atom is 0.0424 e. The van der Waals surface area contributed by atoms with Crippen LogP contribution in [0, 0.1) is 5.41 Å². The van der Waals surface area contributed by atoms with Crippen LogP contribution in [0.1, 0.15) is 40.0 Å². The van der Waals surface area contributed by atoms with Gasteiger partial charge in [0, 0.05) is 17.8 Å². The van der Waals surface area contributed by atoms with Gasteiger partial charge in [0.15, 0.2) is 0 Å². The summed E-state index contributed by atoms with van der Waals surface area (Å²) in [5, 5.41) is 0. The number of likely N-dealkylation sites (N-methyl/N-ethyl adjacent to an activating group) is 1. The molecular weight excluding hydrogens is 216 g/mol. The molecule has 0 bridgehead atoms. The molecule has 1 atom stereocenters. The van der Waals surface area contributed by atoms with Gasteiger partial charge < -0.3 is 5.73 Å². The number of hydrogen-bond acceptors (Lipinski definition) is 3. The highest BCUT2D eigenvalue weighted by Crippen LogP contribution is 2.41. The van der Waals surface area contributed by atoms with Gasteiger partial charge in [0.1, 0.15) is 0 Å². The molecule has 0 aromatic rings. The first kappa shape index (κ1) is 14.3. The van der Waals surface area contributed by atoms with Crippen molar-refractivity contribution in [2.24, 2.45) is 11.1 Å². The highest BCUT2D eigenvalue weighted by Gasteiger charge is 2.41. The van der Waals surface area contributed by atoms with Crippen molar-refractivity contribution in [3.05, 3.63) is 0 Å². The van der Waals surface area contributed by atoms with Crippen molar-refractivity contribution >= 4 is 11.8 Å². The van der Waals surface area contributed by atoms with Crippen LogP contribution in [0.5, 0.6) is 0 Å². The maximum absolute atomic E-state index is 6.08. The van der Waals surface area contributed by atoms with Gasteiger partial charge in [0.05, 0.1) is 0 Å². The summed E-state index contributed by atoms with van der Waals surface area (Å²) in [4.78, 5) is 2.52. The summed E-state index contributed by atoms with van der Waals surface area (Å²) >= 11 is 2.07. The van der Waals surface area contributed by atoms with Crippen molar-refractivity contribution < 1.29 is 0 Å². The summed E-state index contributed by atoms with van der Waals surface area (Å²) in [6.45, 7) is 8.98. The molecule has 0 saturated carbocycles. The van der Waals surface area contributed by atoms with Crippen molar-refractivity contribution in [3.63, 3.8) is 0 Å². The molecule has 1 aliphatic heterocycles. The number of rotatable bonds is 5. The number of unbranched alkanes of at least 4 members (excludes halogenated alkanes) is 1. The first-order valence-electron chi connectivity index (χ1n) is 6.45. The van der Waals surface area contributed by atoms with Crippen LogP contribution in [-0.4, -0.2) is 42.1 Å². The fourth-order valence-corrected chi connectivity index (χ4v) is 4.25. The molecule has 1 saturated heterocycles. The van der Waals surface area contributed by atoms with Gasteiger partial charge >= 0.3 is 0 Å². The zero-order valence-corrected chi connectivity index (χ0v) is 12.2. The summed E-state index contributed by atoms with van der Waals surface area (Å²) in [6.07, 6.45) is 3.79. The van der Waals surface area contributed by atoms with Gasteiger partial charge in [-0.15, -0.1) is 0 Å². The van der Waals surface area contributed by atoms with Crippen LogP contribution < -0.4 is 5.73 Å². The molecule has 1 unspecified atom stereocenters. The predicted molar refractivity (Wildman–Crippen MR) is 75.0 cm³/mol. The largest absolute Gasteiger partial charge is 0.329 e. The molecule has 2 nitrogen and oxygen atoms in total. The summed E-state index contributed by atoms with van der Waals surface area (Å²) < 4.78 is 0. The molecule has 1 fully saturated rings. The Morgan fingerprint density at radius 2 is 2.00 bits per heavy atom. The fraction of sp³-hybridized carbons (Fsp3) is 1.00. The number of thioether (sulfide) groups is 1. The highest BCUT2D eigenvalue weighted by atomic mass is 32.2. The van der Waals surface area contributed by atoms with Gasteiger partial charge in [0.25, 0.3) is 0 Å². The second kappa shape index (κ2) is 5.74. The summed E-state index contributed by atoms with van der Waals surface area (Å²) in [5.74, 6) is 2.48. The Hall–Kier alpha value is 0.270. The normalized spacial score (nSPS) is 29.6. The molecule has 0 aromatic carbocycles. The van der Waals surface area contributed by atoms with Crippen molar-refractivity contribution in [2.75, 3.05) is 31.6 Å². The van der Waals surface area contributed by atoms with Gasteiger partial charge in [-0.1, -0.05) is 27.2 Å². The minimum Gasteiger partial charge on any atom is -0.329 e. The minimum absolute atomic E-state index is 0.238. The average molecular weight is 244 g/mol. The molecule has 96 valence electrons. The third-order valence-electron chi connectivity index (χ3n) is 3.71. The molecule has 0 aliphatic carbocycles. The van der Waals surface area contributed by atoms with Gasteiger partial charge in [-0.3, -0.25) is 4.90 Å². The summed E-state index contributed by atoms with van der Waals surface area (Å²) in [7, 11) is 2.25. The molecule has 0 amide bonds. The van der Waals surface area contributed by atoms with E-state index in [1.54, 1.807) is 0 Å². The van der Waals surface area contributed by atoms with E-state index in [4.69, 9.17) is 5.73 Å². The Morgan fingerprint density at radius 1 is 1.31 bits per heavy atom. The zero-order valence-electron chi connectivity index (χ0n) is 11.4. The van der Waals surface area contributed by atoms with Gasteiger partial charge in [-0.25, -0.2) is 0 Å². The van der Waals surface area contributed by atoms with Crippen LogP contribution in [-0.2, 0) is 0 Å². The second-order valence-electron chi connectivity index (χ2n) is 6.04. The third kappa shape index (κ3) is 3.38. The van der Waals surface area contributed by atoms with E-state index in [-0.39, 0.29) is 5.54 Å². The van der Waals surface area contributed by atoms with E-state index >= 15 is 0 Å². The Morgan fingerprint density at radius 3 is 2.50 bits per heavy atom. The molecule has 16 heavy (non-hydrogen) atoms. The minimum atomic E-state index is 0.238. The first-order valence-corrected chi connectivity index (χ1v) is 7.60. The summed E-state index contributed by atoms with van der Waals surface area (Å²) in [5.41, 5.74) is 6.75. The topological polar surface area (TPSA) is 29.3 Å². The molecule has 1 aliphatic rings. The molecule has 2 N–H and O–H groups in total. The Bertz CT molecular complexity index is 218. The highest BCUT2D eigenvalue weighted by molar-refractivity contribution is 7.99. The zero-order chi connectivity index (χ0) is 12.2. The lowest BCUT2D eigenvalue weighted by atomic mass is 9.79. The second-order valence-corrected chi connectivity index (χ2v) is 7.02. The smallest absolute Gasteiger partial charge is 0.0424 e. The predicted octanol–water partition coefficient (Wildman–Crippen LogP) is 2.58. The molecule has 0 radical (unpaired) electrons. The van der Waals surface area contributed by atoms with Crippen molar-refractivity contribution in [1.29, 1.82) is 0 Å². The molecule has 3 heteroatoms. The Kier molecular flexibility index (Phi) is 5.14. The number of nitrogens with two attached hydrogens (primary N) is 1. The van der Waals surface area contributed by atoms with E-state index in [9.17, 15) is 0 Å². The monoisotopic (exact) mass is 244 g/mol. The van der Waals surface area contributed by atoms with Crippen LogP contribution in [0.15, 0.2) is 0 Å². The lowest BCUT2D eigenvalue weighted by Crippen LogP contribution is -2.58. The summed E-state index contributed by atoms with van der Waals surface area (Å²) in [6, 6.07) is 0. The fourth-order valence-electron chi connectivity index (χ4n) is 2.67. The van der Waals surface area contributed by atoms with E-state index in [1.807, 2.05) is 0 Å². The van der Waals surface area contributed by atoms with E-state index in [1.165, 1.54) is 37.3 Å². The average Bonchev–Trinajstić information content (AvgIpc) is 2.24. The van der Waals surface area contributed by atoms with E-state index < -0.39 is 0 Å². The van der Waals surface area contributed by atoms with Crippen LogP contribution in [0.3, 0.4) is 0 Å². The molecule has 1 rings (SSSR count). The van der Waals surface area contributed by atoms with Gasteiger partial charge in [-0.2, -0.15) is 11.8 Å². The lowest BCUT2D eigenvalue weighted by molar-refractivity contribution is 0.0922. The van der Waals surface area contributed by atoms with Crippen LogP contribution in [0.2, 0.25) is 0 Å².